The molecular formula is C16H13ClN2O4S. The Bertz CT molecular complexity index is 955. The number of halogens is 1. The minimum Gasteiger partial charge on any atom is -0.454 e. The van der Waals surface area contributed by atoms with E-state index in [0.717, 1.165) is 0 Å². The maximum absolute atomic E-state index is 12.4. The zero-order valence-electron chi connectivity index (χ0n) is 12.4. The van der Waals surface area contributed by atoms with Gasteiger partial charge < -0.3 is 10.1 Å². The van der Waals surface area contributed by atoms with Crippen LogP contribution in [0.4, 0.5) is 11.4 Å². The molecule has 2 aromatic rings. The molecule has 8 heteroatoms. The predicted octanol–water partition coefficient (Wildman–Crippen LogP) is 3.60. The molecule has 2 N–H and O–H groups in total. The number of ether oxygens (including phenoxy) is 1. The van der Waals surface area contributed by atoms with E-state index in [2.05, 4.69) is 10.0 Å². The summed E-state index contributed by atoms with van der Waals surface area (Å²) in [6.07, 6.45) is 1.33. The standard InChI is InChI=1S/C16H13ClN2O4S/c17-9-1-5-15-13(7-9)18-16(20)12-8-10(2-6-14(12)23-15)19-24(21,22)11-3-4-11/h1-2,5-8,11,19H,3-4H2,(H,18,20). The van der Waals surface area contributed by atoms with Crippen molar-refractivity contribution in [1.29, 1.82) is 0 Å². The van der Waals surface area contributed by atoms with E-state index in [9.17, 15) is 13.2 Å². The molecular weight excluding hydrogens is 352 g/mol. The Morgan fingerprint density at radius 1 is 1.12 bits per heavy atom. The molecule has 4 rings (SSSR count). The van der Waals surface area contributed by atoms with Gasteiger partial charge in [0.25, 0.3) is 5.91 Å². The normalized spacial score (nSPS) is 16.3. The van der Waals surface area contributed by atoms with E-state index in [0.29, 0.717) is 40.7 Å². The van der Waals surface area contributed by atoms with Gasteiger partial charge in [-0.3, -0.25) is 9.52 Å². The molecule has 124 valence electrons. The molecule has 0 spiro atoms. The lowest BCUT2D eigenvalue weighted by Crippen LogP contribution is -2.18. The second-order valence-corrected chi connectivity index (χ2v) is 8.15. The van der Waals surface area contributed by atoms with Gasteiger partial charge in [-0.25, -0.2) is 8.42 Å². The van der Waals surface area contributed by atoms with Crippen LogP contribution in [0.1, 0.15) is 23.2 Å². The maximum atomic E-state index is 12.4. The highest BCUT2D eigenvalue weighted by Gasteiger charge is 2.36. The van der Waals surface area contributed by atoms with Crippen LogP contribution >= 0.6 is 11.6 Å². The van der Waals surface area contributed by atoms with Crippen molar-refractivity contribution in [3.63, 3.8) is 0 Å². The highest BCUT2D eigenvalue weighted by atomic mass is 35.5. The van der Waals surface area contributed by atoms with Crippen LogP contribution < -0.4 is 14.8 Å². The molecule has 1 aliphatic carbocycles. The zero-order chi connectivity index (χ0) is 16.9. The van der Waals surface area contributed by atoms with Gasteiger partial charge in [0.1, 0.15) is 5.75 Å². The van der Waals surface area contributed by atoms with Crippen molar-refractivity contribution in [2.75, 3.05) is 10.0 Å². The largest absolute Gasteiger partial charge is 0.454 e. The fourth-order valence-corrected chi connectivity index (χ4v) is 4.03. The summed E-state index contributed by atoms with van der Waals surface area (Å²) in [6, 6.07) is 9.54. The maximum Gasteiger partial charge on any atom is 0.259 e. The van der Waals surface area contributed by atoms with Gasteiger partial charge in [0, 0.05) is 10.7 Å². The number of carbonyl (C=O) groups excluding carboxylic acids is 1. The van der Waals surface area contributed by atoms with Gasteiger partial charge in [-0.1, -0.05) is 11.6 Å². The Morgan fingerprint density at radius 2 is 1.88 bits per heavy atom. The third-order valence-corrected chi connectivity index (χ3v) is 5.96. The van der Waals surface area contributed by atoms with Crippen molar-refractivity contribution in [3.8, 4) is 11.5 Å². The van der Waals surface area contributed by atoms with Gasteiger partial charge in [0.05, 0.1) is 16.5 Å². The zero-order valence-corrected chi connectivity index (χ0v) is 13.9. The third kappa shape index (κ3) is 2.81. The average molecular weight is 365 g/mol. The van der Waals surface area contributed by atoms with Crippen LogP contribution in [-0.2, 0) is 10.0 Å². The number of amides is 1. The van der Waals surface area contributed by atoms with Gasteiger partial charge in [-0.15, -0.1) is 0 Å². The second kappa shape index (κ2) is 5.39. The number of sulfonamides is 1. The van der Waals surface area contributed by atoms with E-state index in [1.165, 1.54) is 6.07 Å². The van der Waals surface area contributed by atoms with Crippen LogP contribution in [0.25, 0.3) is 0 Å². The molecule has 2 aromatic carbocycles. The summed E-state index contributed by atoms with van der Waals surface area (Å²) < 4.78 is 32.3. The van der Waals surface area contributed by atoms with E-state index >= 15 is 0 Å². The molecule has 2 aliphatic rings. The van der Waals surface area contributed by atoms with Crippen LogP contribution in [0, 0.1) is 0 Å². The van der Waals surface area contributed by atoms with Crippen molar-refractivity contribution < 1.29 is 17.9 Å². The number of hydrogen-bond acceptors (Lipinski definition) is 4. The molecule has 1 saturated carbocycles. The number of fused-ring (bicyclic) bond motifs is 2. The average Bonchev–Trinajstić information content (AvgIpc) is 3.35. The number of nitrogens with one attached hydrogen (secondary N) is 2. The smallest absolute Gasteiger partial charge is 0.259 e. The minimum atomic E-state index is -3.39. The van der Waals surface area contributed by atoms with Crippen molar-refractivity contribution >= 4 is 38.9 Å². The van der Waals surface area contributed by atoms with Crippen LogP contribution in [0.5, 0.6) is 11.5 Å². The number of rotatable bonds is 3. The molecule has 1 fully saturated rings. The van der Waals surface area contributed by atoms with E-state index in [1.807, 2.05) is 0 Å². The Hall–Kier alpha value is -2.25. The Labute approximate surface area is 143 Å². The van der Waals surface area contributed by atoms with Crippen LogP contribution in [0.15, 0.2) is 36.4 Å². The molecule has 0 radical (unpaired) electrons. The Kier molecular flexibility index (Phi) is 3.43. The first kappa shape index (κ1) is 15.3. The van der Waals surface area contributed by atoms with Crippen molar-refractivity contribution in [3.05, 3.63) is 47.0 Å². The van der Waals surface area contributed by atoms with Crippen LogP contribution in [-0.4, -0.2) is 19.6 Å². The first-order chi connectivity index (χ1) is 11.4. The van der Waals surface area contributed by atoms with E-state index in [4.69, 9.17) is 16.3 Å². The lowest BCUT2D eigenvalue weighted by molar-refractivity contribution is 0.102. The van der Waals surface area contributed by atoms with Crippen molar-refractivity contribution in [1.82, 2.24) is 0 Å². The topological polar surface area (TPSA) is 84.5 Å². The summed E-state index contributed by atoms with van der Waals surface area (Å²) in [5, 5.41) is 2.85. The van der Waals surface area contributed by atoms with Crippen LogP contribution in [0.2, 0.25) is 5.02 Å². The summed E-state index contributed by atoms with van der Waals surface area (Å²) in [4.78, 5) is 12.4. The predicted molar refractivity (Wildman–Crippen MR) is 91.5 cm³/mol. The van der Waals surface area contributed by atoms with Gasteiger partial charge in [-0.2, -0.15) is 0 Å². The van der Waals surface area contributed by atoms with Gasteiger partial charge in [0.15, 0.2) is 5.75 Å². The summed E-state index contributed by atoms with van der Waals surface area (Å²) in [5.41, 5.74) is 1.05. The number of anilines is 2. The number of carbonyl (C=O) groups is 1. The first-order valence-corrected chi connectivity index (χ1v) is 9.29. The highest BCUT2D eigenvalue weighted by molar-refractivity contribution is 7.93. The lowest BCUT2D eigenvalue weighted by atomic mass is 10.1. The summed E-state index contributed by atoms with van der Waals surface area (Å²) in [5.74, 6) is 0.430. The summed E-state index contributed by atoms with van der Waals surface area (Å²) in [7, 11) is -3.39. The number of hydrogen-bond donors (Lipinski definition) is 2. The molecule has 0 atom stereocenters. The molecule has 24 heavy (non-hydrogen) atoms. The third-order valence-electron chi connectivity index (χ3n) is 3.86. The lowest BCUT2D eigenvalue weighted by Gasteiger charge is -2.10. The number of benzene rings is 2. The molecule has 1 aliphatic heterocycles. The molecule has 0 unspecified atom stereocenters. The van der Waals surface area contributed by atoms with Gasteiger partial charge in [-0.05, 0) is 49.2 Å². The monoisotopic (exact) mass is 364 g/mol. The molecule has 0 saturated heterocycles. The summed E-state index contributed by atoms with van der Waals surface area (Å²) >= 11 is 5.94. The Morgan fingerprint density at radius 3 is 2.62 bits per heavy atom. The van der Waals surface area contributed by atoms with E-state index < -0.39 is 15.9 Å². The van der Waals surface area contributed by atoms with E-state index in [-0.39, 0.29) is 10.8 Å². The van der Waals surface area contributed by atoms with Crippen LogP contribution in [0.3, 0.4) is 0 Å². The quantitative estimate of drug-likeness (QED) is 0.871. The molecule has 6 nitrogen and oxygen atoms in total. The SMILES string of the molecule is O=C1Nc2cc(Cl)ccc2Oc2ccc(NS(=O)(=O)C3CC3)cc21. The van der Waals surface area contributed by atoms with Gasteiger partial charge >= 0.3 is 0 Å². The fourth-order valence-electron chi connectivity index (χ4n) is 2.48. The molecule has 0 aromatic heterocycles. The molecule has 1 amide bonds. The summed E-state index contributed by atoms with van der Waals surface area (Å²) in [6.45, 7) is 0. The van der Waals surface area contributed by atoms with Crippen molar-refractivity contribution in [2.45, 2.75) is 18.1 Å². The highest BCUT2D eigenvalue weighted by Crippen LogP contribution is 2.38. The second-order valence-electron chi connectivity index (χ2n) is 5.75. The first-order valence-electron chi connectivity index (χ1n) is 7.37. The Balaban J connectivity index is 1.69. The van der Waals surface area contributed by atoms with Crippen molar-refractivity contribution in [2.24, 2.45) is 0 Å². The minimum absolute atomic E-state index is 0.248. The molecule has 0 bridgehead atoms. The van der Waals surface area contributed by atoms with Gasteiger partial charge in [0.2, 0.25) is 10.0 Å². The molecule has 1 heterocycles. The van der Waals surface area contributed by atoms with E-state index in [1.54, 1.807) is 30.3 Å². The fraction of sp³-hybridized carbons (Fsp3) is 0.188.